The third-order valence-electron chi connectivity index (χ3n) is 2.93. The van der Waals surface area contributed by atoms with E-state index in [9.17, 15) is 46.2 Å². The Morgan fingerprint density at radius 3 is 1.23 bits per heavy atom. The molecule has 144 valence electrons. The molecule has 0 bridgehead atoms. The lowest BCUT2D eigenvalue weighted by Gasteiger charge is -2.12. The molecule has 26 heavy (non-hydrogen) atoms. The molecule has 0 saturated heterocycles. The van der Waals surface area contributed by atoms with Crippen LogP contribution >= 0.6 is 0 Å². The van der Waals surface area contributed by atoms with Gasteiger partial charge in [0.1, 0.15) is 25.6 Å². The normalized spacial score (nSPS) is 11.3. The van der Waals surface area contributed by atoms with E-state index in [-0.39, 0.29) is 12.3 Å². The van der Waals surface area contributed by atoms with Crippen LogP contribution in [0.5, 0.6) is 0 Å². The van der Waals surface area contributed by atoms with Crippen molar-refractivity contribution in [2.75, 3.05) is 0 Å². The van der Waals surface area contributed by atoms with Crippen LogP contribution in [0.4, 0.5) is 11.4 Å². The van der Waals surface area contributed by atoms with Gasteiger partial charge in [-0.15, -0.1) is 0 Å². The van der Waals surface area contributed by atoms with Crippen molar-refractivity contribution in [2.24, 2.45) is 0 Å². The molecule has 14 nitrogen and oxygen atoms in total. The van der Waals surface area contributed by atoms with Crippen LogP contribution in [0.3, 0.4) is 0 Å². The van der Waals surface area contributed by atoms with Crippen LogP contribution in [0, 0.1) is 20.2 Å². The first kappa shape index (κ1) is 23.2. The third-order valence-corrected chi connectivity index (χ3v) is 4.55. The highest BCUT2D eigenvalue weighted by Gasteiger charge is 2.26. The van der Waals surface area contributed by atoms with Crippen molar-refractivity contribution in [3.8, 4) is 0 Å². The first-order valence-electron chi connectivity index (χ1n) is 5.65. The van der Waals surface area contributed by atoms with E-state index < -0.39 is 62.0 Å². The summed E-state index contributed by atoms with van der Waals surface area (Å²) in [5.74, 6) is 0. The molecule has 0 radical (unpaired) electrons. The number of non-ortho nitro benzene ring substituents is 2. The molecule has 0 aromatic heterocycles. The third kappa shape index (κ3) is 4.25. The predicted octanol–water partition coefficient (Wildman–Crippen LogP) is 1.22. The highest BCUT2D eigenvalue weighted by molar-refractivity contribution is 7.86. The molecule has 0 spiro atoms. The molecule has 0 unspecified atom stereocenters. The quantitative estimate of drug-likeness (QED) is 0.411. The maximum Gasteiger partial charge on any atom is 0.285 e. The highest BCUT2D eigenvalue weighted by Crippen LogP contribution is 2.37. The summed E-state index contributed by atoms with van der Waals surface area (Å²) in [4.78, 5) is 17.6. The van der Waals surface area contributed by atoms with Crippen LogP contribution in [0.25, 0.3) is 10.8 Å². The number of quaternary nitrogens is 2. The van der Waals surface area contributed by atoms with Crippen LogP contribution in [0.2, 0.25) is 0 Å². The van der Waals surface area contributed by atoms with Gasteiger partial charge in [0.05, 0.1) is 19.6 Å². The van der Waals surface area contributed by atoms with Gasteiger partial charge in [-0.2, -0.15) is 0 Å². The van der Waals surface area contributed by atoms with Gasteiger partial charge in [0.15, 0.2) is 0 Å². The summed E-state index contributed by atoms with van der Waals surface area (Å²) in [6, 6.07) is 1.69. The molecule has 0 fully saturated rings. The fourth-order valence-electron chi connectivity index (χ4n) is 1.99. The van der Waals surface area contributed by atoms with Gasteiger partial charge in [-0.25, -0.2) is 16.8 Å². The Kier molecular flexibility index (Phi) is 6.47. The van der Waals surface area contributed by atoms with E-state index in [4.69, 9.17) is 0 Å². The lowest BCUT2D eigenvalue weighted by atomic mass is 10.1. The summed E-state index contributed by atoms with van der Waals surface area (Å²) in [7, 11) is -10.4. The van der Waals surface area contributed by atoms with Gasteiger partial charge in [0, 0.05) is 12.1 Å². The monoisotopic (exact) mass is 412 g/mol. The largest absolute Gasteiger partial charge is 0.744 e. The molecule has 2 aromatic rings. The van der Waals surface area contributed by atoms with Crippen molar-refractivity contribution < 1.29 is 35.8 Å². The van der Waals surface area contributed by atoms with E-state index in [2.05, 4.69) is 0 Å². The minimum absolute atomic E-state index is 0. The molecule has 8 N–H and O–H groups in total. The molecule has 0 aliphatic heterocycles. The minimum atomic E-state index is -5.18. The van der Waals surface area contributed by atoms with Crippen LogP contribution in [0.15, 0.2) is 34.1 Å². The van der Waals surface area contributed by atoms with Crippen molar-refractivity contribution in [2.45, 2.75) is 9.79 Å². The molecule has 16 heteroatoms. The summed E-state index contributed by atoms with van der Waals surface area (Å²) >= 11 is 0. The second-order valence-electron chi connectivity index (χ2n) is 4.41. The fourth-order valence-corrected chi connectivity index (χ4v) is 3.05. The molecular weight excluding hydrogens is 400 g/mol. The molecular formula is C10H12N4O10S2. The summed E-state index contributed by atoms with van der Waals surface area (Å²) in [5, 5.41) is 20.8. The highest BCUT2D eigenvalue weighted by atomic mass is 32.2. The van der Waals surface area contributed by atoms with Gasteiger partial charge in [0.25, 0.3) is 11.4 Å². The maximum absolute atomic E-state index is 11.1. The van der Waals surface area contributed by atoms with Crippen LogP contribution < -0.4 is 12.3 Å². The first-order chi connectivity index (χ1) is 10.8. The number of nitro groups is 2. The maximum atomic E-state index is 11.1. The van der Waals surface area contributed by atoms with Crippen molar-refractivity contribution in [1.29, 1.82) is 0 Å². The average Bonchev–Trinajstić information content (AvgIpc) is 2.42. The van der Waals surface area contributed by atoms with Gasteiger partial charge in [-0.3, -0.25) is 20.2 Å². The number of fused-ring (bicyclic) bond motifs is 1. The lowest BCUT2D eigenvalue weighted by Crippen LogP contribution is -2.04. The van der Waals surface area contributed by atoms with Crippen molar-refractivity contribution in [3.63, 3.8) is 0 Å². The molecule has 2 aromatic carbocycles. The zero-order valence-electron chi connectivity index (χ0n) is 13.1. The van der Waals surface area contributed by atoms with E-state index in [0.29, 0.717) is 24.3 Å². The van der Waals surface area contributed by atoms with Gasteiger partial charge >= 0.3 is 0 Å². The second-order valence-corrected chi connectivity index (χ2v) is 7.16. The smallest absolute Gasteiger partial charge is 0.285 e. The fraction of sp³-hybridized carbons (Fsp3) is 0. The standard InChI is InChI=1S/C10H6N2O10S2.2H3N/c13-11(14)8-3-6(23(17,18)19)1-5-2-7(24(20,21)22)4-9(10(5)8)12(15)16;;/h1-4H,(H,17,18,19)(H,20,21,22);2*1H3. The topological polar surface area (TPSA) is 274 Å². The number of benzene rings is 2. The summed E-state index contributed by atoms with van der Waals surface area (Å²) in [6.45, 7) is 0. The average molecular weight is 412 g/mol. The Morgan fingerprint density at radius 2 is 1.00 bits per heavy atom. The zero-order chi connectivity index (χ0) is 18.4. The summed E-state index contributed by atoms with van der Waals surface area (Å²) in [6.07, 6.45) is 0. The van der Waals surface area contributed by atoms with E-state index in [1.807, 2.05) is 0 Å². The molecule has 0 heterocycles. The molecule has 0 amide bonds. The van der Waals surface area contributed by atoms with Gasteiger partial charge in [0.2, 0.25) is 0 Å². The number of hydrogen-bond donors (Lipinski definition) is 2. The number of nitro benzene ring substituents is 2. The van der Waals surface area contributed by atoms with Gasteiger partial charge in [-0.1, -0.05) is 0 Å². The van der Waals surface area contributed by atoms with Crippen molar-refractivity contribution >= 4 is 42.4 Å². The van der Waals surface area contributed by atoms with E-state index in [1.54, 1.807) is 0 Å². The number of hydrogen-bond acceptors (Lipinski definition) is 10. The Balaban J connectivity index is 0.00000312. The SMILES string of the molecule is O=[N+]([O-])c1cc(S(=O)(=O)[O-])cc2cc(S(=O)(=O)[O-])cc([N+](=O)[O-])c12.[NH4+].[NH4+]. The van der Waals surface area contributed by atoms with E-state index >= 15 is 0 Å². The number of rotatable bonds is 4. The van der Waals surface area contributed by atoms with Crippen LogP contribution in [-0.2, 0) is 20.2 Å². The van der Waals surface area contributed by atoms with Crippen LogP contribution in [-0.4, -0.2) is 35.8 Å². The minimum Gasteiger partial charge on any atom is -0.744 e. The Bertz CT molecular complexity index is 1030. The summed E-state index contributed by atoms with van der Waals surface area (Å²) in [5.41, 5.74) is -2.19. The molecule has 0 atom stereocenters. The number of nitrogens with zero attached hydrogens (tertiary/aromatic N) is 2. The second kappa shape index (κ2) is 7.23. The first-order valence-corrected chi connectivity index (χ1v) is 8.46. The van der Waals surface area contributed by atoms with E-state index in [1.165, 1.54) is 0 Å². The van der Waals surface area contributed by atoms with Crippen LogP contribution in [0.1, 0.15) is 0 Å². The Morgan fingerprint density at radius 1 is 0.692 bits per heavy atom. The van der Waals surface area contributed by atoms with Gasteiger partial charge in [-0.05, 0) is 17.5 Å². The summed E-state index contributed by atoms with van der Waals surface area (Å²) < 4.78 is 66.4. The van der Waals surface area contributed by atoms with Crippen molar-refractivity contribution in [3.05, 3.63) is 44.5 Å². The zero-order valence-corrected chi connectivity index (χ0v) is 14.7. The Labute approximate surface area is 145 Å². The molecule has 2 rings (SSSR count). The van der Waals surface area contributed by atoms with Gasteiger partial charge < -0.3 is 21.4 Å². The molecule has 0 aliphatic carbocycles. The predicted molar refractivity (Wildman–Crippen MR) is 85.2 cm³/mol. The van der Waals surface area contributed by atoms with E-state index in [0.717, 1.165) is 0 Å². The lowest BCUT2D eigenvalue weighted by molar-refractivity contribution is -0.390. The Hall–Kier alpha value is -2.76. The molecule has 0 saturated carbocycles. The molecule has 0 aliphatic rings. The van der Waals surface area contributed by atoms with Crippen molar-refractivity contribution in [1.82, 2.24) is 12.3 Å².